The lowest BCUT2D eigenvalue weighted by atomic mass is 9.95. The smallest absolute Gasteiger partial charge is 0.369 e. The van der Waals surface area contributed by atoms with Gasteiger partial charge in [0.15, 0.2) is 0 Å². The van der Waals surface area contributed by atoms with Crippen LogP contribution in [0.5, 0.6) is 0 Å². The van der Waals surface area contributed by atoms with E-state index in [0.29, 0.717) is 6.07 Å². The molecule has 1 aromatic rings. The molecule has 1 aromatic carbocycles. The minimum atomic E-state index is -4.63. The zero-order valence-corrected chi connectivity index (χ0v) is 12.0. The van der Waals surface area contributed by atoms with Crippen LogP contribution in [-0.2, 0) is 11.0 Å². The third kappa shape index (κ3) is 4.42. The number of carbonyl (C=O) groups excluding carboxylic acids is 1. The average molecular weight is 306 g/mol. The molecule has 118 valence electrons. The number of primary amides is 1. The van der Waals surface area contributed by atoms with E-state index in [9.17, 15) is 22.4 Å². The molecule has 0 spiro atoms. The summed E-state index contributed by atoms with van der Waals surface area (Å²) in [4.78, 5) is 13.3. The van der Waals surface area contributed by atoms with Gasteiger partial charge >= 0.3 is 6.18 Å². The second-order valence-corrected chi connectivity index (χ2v) is 5.22. The van der Waals surface area contributed by atoms with Crippen molar-refractivity contribution in [2.24, 2.45) is 5.73 Å². The molecular formula is C14H18F4N2O. The van der Waals surface area contributed by atoms with Crippen LogP contribution in [-0.4, -0.2) is 30.4 Å². The molecule has 1 amide bonds. The Labute approximate surface area is 120 Å². The normalized spacial score (nSPS) is 13.8. The first-order chi connectivity index (χ1) is 9.54. The summed E-state index contributed by atoms with van der Waals surface area (Å²) < 4.78 is 51.4. The molecule has 0 radical (unpaired) electrons. The molecule has 0 fully saturated rings. The monoisotopic (exact) mass is 306 g/mol. The molecule has 0 heterocycles. The first-order valence-electron chi connectivity index (χ1n) is 6.40. The summed E-state index contributed by atoms with van der Waals surface area (Å²) in [7, 11) is 1.72. The van der Waals surface area contributed by atoms with Gasteiger partial charge in [-0.15, -0.1) is 0 Å². The average Bonchev–Trinajstić information content (AvgIpc) is 2.34. The quantitative estimate of drug-likeness (QED) is 0.850. The van der Waals surface area contributed by atoms with Gasteiger partial charge in [0.05, 0.1) is 11.5 Å². The largest absolute Gasteiger partial charge is 0.416 e. The Hall–Kier alpha value is -1.63. The second kappa shape index (κ2) is 6.43. The van der Waals surface area contributed by atoms with Crippen LogP contribution in [0, 0.1) is 5.82 Å². The van der Waals surface area contributed by atoms with Crippen molar-refractivity contribution in [2.75, 3.05) is 13.6 Å². The van der Waals surface area contributed by atoms with Crippen molar-refractivity contribution in [1.82, 2.24) is 4.90 Å². The maximum atomic E-state index is 13.9. The van der Waals surface area contributed by atoms with E-state index >= 15 is 0 Å². The fraction of sp³-hybridized carbons (Fsp3) is 0.500. The van der Waals surface area contributed by atoms with E-state index in [1.165, 1.54) is 0 Å². The molecule has 0 unspecified atom stereocenters. The van der Waals surface area contributed by atoms with E-state index in [4.69, 9.17) is 5.73 Å². The molecule has 3 nitrogen and oxygen atoms in total. The standard InChI is InChI=1S/C14H18F4N2O/c1-8(2)20(3)7-11(13(19)21)10-5-4-9(6-12(10)15)14(16,17)18/h4-6,8,11H,7H2,1-3H3,(H2,19,21)/t11-/m1/s1. The topological polar surface area (TPSA) is 46.3 Å². The van der Waals surface area contributed by atoms with Gasteiger partial charge in [-0.3, -0.25) is 4.79 Å². The molecule has 2 N–H and O–H groups in total. The Bertz CT molecular complexity index is 514. The first kappa shape index (κ1) is 17.4. The van der Waals surface area contributed by atoms with Gasteiger partial charge in [0, 0.05) is 18.2 Å². The lowest BCUT2D eigenvalue weighted by molar-refractivity contribution is -0.137. The van der Waals surface area contributed by atoms with Gasteiger partial charge in [-0.25, -0.2) is 4.39 Å². The Morgan fingerprint density at radius 2 is 1.90 bits per heavy atom. The number of hydrogen-bond acceptors (Lipinski definition) is 2. The maximum absolute atomic E-state index is 13.9. The maximum Gasteiger partial charge on any atom is 0.416 e. The Morgan fingerprint density at radius 1 is 1.33 bits per heavy atom. The fourth-order valence-electron chi connectivity index (χ4n) is 1.83. The molecule has 0 aliphatic carbocycles. The van der Waals surface area contributed by atoms with Crippen molar-refractivity contribution in [3.8, 4) is 0 Å². The van der Waals surface area contributed by atoms with Crippen LogP contribution in [0.25, 0.3) is 0 Å². The van der Waals surface area contributed by atoms with E-state index in [2.05, 4.69) is 0 Å². The number of amides is 1. The zero-order valence-electron chi connectivity index (χ0n) is 12.0. The van der Waals surface area contributed by atoms with E-state index < -0.39 is 29.4 Å². The molecule has 0 saturated carbocycles. The van der Waals surface area contributed by atoms with Gasteiger partial charge in [-0.2, -0.15) is 13.2 Å². The number of rotatable bonds is 5. The molecule has 7 heteroatoms. The molecule has 21 heavy (non-hydrogen) atoms. The molecule has 0 aliphatic rings. The number of nitrogens with zero attached hydrogens (tertiary/aromatic N) is 1. The first-order valence-corrected chi connectivity index (χ1v) is 6.40. The zero-order chi connectivity index (χ0) is 16.4. The van der Waals surface area contributed by atoms with E-state index in [-0.39, 0.29) is 18.2 Å². The van der Waals surface area contributed by atoms with Crippen molar-refractivity contribution in [3.63, 3.8) is 0 Å². The van der Waals surface area contributed by atoms with Crippen LogP contribution in [0.1, 0.15) is 30.9 Å². The Balaban J connectivity index is 3.13. The van der Waals surface area contributed by atoms with Crippen molar-refractivity contribution >= 4 is 5.91 Å². The van der Waals surface area contributed by atoms with Crippen LogP contribution >= 0.6 is 0 Å². The molecule has 0 aromatic heterocycles. The SMILES string of the molecule is CC(C)N(C)C[C@@H](C(N)=O)c1ccc(C(F)(F)F)cc1F. The van der Waals surface area contributed by atoms with Gasteiger partial charge in [-0.05, 0) is 33.0 Å². The predicted octanol–water partition coefficient (Wildman–Crippen LogP) is 2.75. The summed E-state index contributed by atoms with van der Waals surface area (Å²) in [6, 6.07) is 2.20. The van der Waals surface area contributed by atoms with Crippen molar-refractivity contribution in [1.29, 1.82) is 0 Å². The van der Waals surface area contributed by atoms with Gasteiger partial charge < -0.3 is 10.6 Å². The van der Waals surface area contributed by atoms with Crippen LogP contribution in [0.15, 0.2) is 18.2 Å². The Morgan fingerprint density at radius 3 is 2.29 bits per heavy atom. The highest BCUT2D eigenvalue weighted by Crippen LogP contribution is 2.32. The van der Waals surface area contributed by atoms with E-state index in [0.717, 1.165) is 12.1 Å². The van der Waals surface area contributed by atoms with E-state index in [1.807, 2.05) is 13.8 Å². The van der Waals surface area contributed by atoms with Crippen molar-refractivity contribution in [3.05, 3.63) is 35.1 Å². The third-order valence-corrected chi connectivity index (χ3v) is 3.40. The van der Waals surface area contributed by atoms with Crippen molar-refractivity contribution < 1.29 is 22.4 Å². The highest BCUT2D eigenvalue weighted by molar-refractivity contribution is 5.82. The van der Waals surface area contributed by atoms with Crippen LogP contribution in [0.3, 0.4) is 0 Å². The van der Waals surface area contributed by atoms with Gasteiger partial charge in [0.1, 0.15) is 5.82 Å². The highest BCUT2D eigenvalue weighted by atomic mass is 19.4. The number of carbonyl (C=O) groups is 1. The third-order valence-electron chi connectivity index (χ3n) is 3.40. The minimum absolute atomic E-state index is 0.0874. The summed E-state index contributed by atoms with van der Waals surface area (Å²) in [6.45, 7) is 3.89. The summed E-state index contributed by atoms with van der Waals surface area (Å²) in [5, 5.41) is 0. The van der Waals surface area contributed by atoms with Crippen LogP contribution in [0.4, 0.5) is 17.6 Å². The fourth-order valence-corrected chi connectivity index (χ4v) is 1.83. The summed E-state index contributed by atoms with van der Waals surface area (Å²) in [5.41, 5.74) is 4.04. The Kier molecular flexibility index (Phi) is 5.33. The summed E-state index contributed by atoms with van der Waals surface area (Å²) in [6.07, 6.45) is -4.63. The van der Waals surface area contributed by atoms with Gasteiger partial charge in [0.25, 0.3) is 0 Å². The second-order valence-electron chi connectivity index (χ2n) is 5.22. The molecule has 0 aliphatic heterocycles. The van der Waals surface area contributed by atoms with Crippen LogP contribution in [0.2, 0.25) is 0 Å². The van der Waals surface area contributed by atoms with E-state index in [1.54, 1.807) is 11.9 Å². The number of hydrogen-bond donors (Lipinski definition) is 1. The number of likely N-dealkylation sites (N-methyl/N-ethyl adjacent to an activating group) is 1. The number of benzene rings is 1. The van der Waals surface area contributed by atoms with Crippen molar-refractivity contribution in [2.45, 2.75) is 32.0 Å². The molecular weight excluding hydrogens is 288 g/mol. The molecule has 0 saturated heterocycles. The number of alkyl halides is 3. The lowest BCUT2D eigenvalue weighted by Gasteiger charge is -2.26. The summed E-state index contributed by atoms with van der Waals surface area (Å²) >= 11 is 0. The summed E-state index contributed by atoms with van der Waals surface area (Å²) in [5.74, 6) is -2.85. The van der Waals surface area contributed by atoms with Gasteiger partial charge in [-0.1, -0.05) is 6.07 Å². The lowest BCUT2D eigenvalue weighted by Crippen LogP contribution is -2.36. The minimum Gasteiger partial charge on any atom is -0.369 e. The molecule has 0 bridgehead atoms. The highest BCUT2D eigenvalue weighted by Gasteiger charge is 2.32. The number of nitrogens with two attached hydrogens (primary N) is 1. The number of halogens is 4. The molecule has 1 rings (SSSR count). The van der Waals surface area contributed by atoms with Crippen LogP contribution < -0.4 is 5.73 Å². The molecule has 1 atom stereocenters. The predicted molar refractivity (Wildman–Crippen MR) is 71.1 cm³/mol. The van der Waals surface area contributed by atoms with Gasteiger partial charge in [0.2, 0.25) is 5.91 Å².